The largest absolute Gasteiger partial charge is 0.302 e. The topological polar surface area (TPSA) is 70.6 Å². The number of amides is 1. The summed E-state index contributed by atoms with van der Waals surface area (Å²) < 4.78 is 25.7. The molecule has 1 heterocycles. The van der Waals surface area contributed by atoms with Crippen LogP contribution >= 0.6 is 11.3 Å². The van der Waals surface area contributed by atoms with Crippen LogP contribution in [-0.2, 0) is 9.84 Å². The van der Waals surface area contributed by atoms with E-state index in [9.17, 15) is 13.2 Å². The molecule has 6 nitrogen and oxygen atoms in total. The van der Waals surface area contributed by atoms with Gasteiger partial charge in [-0.15, -0.1) is 0 Å². The number of hydrogen-bond acceptors (Lipinski definition) is 6. The lowest BCUT2D eigenvalue weighted by atomic mass is 10.1. The highest BCUT2D eigenvalue weighted by atomic mass is 32.2. The first kappa shape index (κ1) is 24.4. The quantitative estimate of drug-likeness (QED) is 0.451. The predicted octanol–water partition coefficient (Wildman–Crippen LogP) is 4.70. The third-order valence-electron chi connectivity index (χ3n) is 5.65. The molecule has 0 unspecified atom stereocenters. The van der Waals surface area contributed by atoms with Gasteiger partial charge in [0.15, 0.2) is 15.0 Å². The van der Waals surface area contributed by atoms with E-state index >= 15 is 0 Å². The monoisotopic (exact) mass is 473 g/mol. The summed E-state index contributed by atoms with van der Waals surface area (Å²) in [7, 11) is -3.40. The van der Waals surface area contributed by atoms with Gasteiger partial charge in [-0.1, -0.05) is 44.2 Å². The number of anilines is 1. The third kappa shape index (κ3) is 5.19. The Morgan fingerprint density at radius 3 is 2.41 bits per heavy atom. The molecule has 2 aromatic carbocycles. The molecule has 0 atom stereocenters. The number of fused-ring (bicyclic) bond motifs is 1. The van der Waals surface area contributed by atoms with E-state index in [0.29, 0.717) is 23.8 Å². The lowest BCUT2D eigenvalue weighted by Crippen LogP contribution is -2.39. The van der Waals surface area contributed by atoms with E-state index in [1.54, 1.807) is 30.0 Å². The minimum absolute atomic E-state index is 0.00713. The summed E-state index contributed by atoms with van der Waals surface area (Å²) in [6.07, 6.45) is 0. The van der Waals surface area contributed by atoms with Crippen LogP contribution in [0.15, 0.2) is 41.3 Å². The summed E-state index contributed by atoms with van der Waals surface area (Å²) in [5.41, 5.74) is 3.49. The second-order valence-corrected chi connectivity index (χ2v) is 11.1. The van der Waals surface area contributed by atoms with Crippen molar-refractivity contribution >= 4 is 42.4 Å². The van der Waals surface area contributed by atoms with Crippen molar-refractivity contribution in [1.82, 2.24) is 9.88 Å². The molecule has 0 spiro atoms. The molecule has 0 aliphatic carbocycles. The van der Waals surface area contributed by atoms with Gasteiger partial charge in [0.1, 0.15) is 0 Å². The highest BCUT2D eigenvalue weighted by Crippen LogP contribution is 2.32. The van der Waals surface area contributed by atoms with Crippen molar-refractivity contribution in [1.29, 1.82) is 0 Å². The molecule has 0 N–H and O–H groups in total. The van der Waals surface area contributed by atoms with Gasteiger partial charge in [-0.2, -0.15) is 0 Å². The van der Waals surface area contributed by atoms with Gasteiger partial charge in [0.25, 0.3) is 5.91 Å². The summed E-state index contributed by atoms with van der Waals surface area (Å²) in [6, 6.07) is 10.5. The molecule has 0 fully saturated rings. The Morgan fingerprint density at radius 2 is 1.75 bits per heavy atom. The van der Waals surface area contributed by atoms with E-state index in [-0.39, 0.29) is 16.6 Å². The smallest absolute Gasteiger partial charge is 0.260 e. The van der Waals surface area contributed by atoms with Gasteiger partial charge in [-0.05, 0) is 62.3 Å². The van der Waals surface area contributed by atoms with Crippen molar-refractivity contribution in [3.05, 3.63) is 53.1 Å². The molecule has 0 radical (unpaired) electrons. The minimum atomic E-state index is -3.40. The zero-order chi connectivity index (χ0) is 23.5. The van der Waals surface area contributed by atoms with Gasteiger partial charge < -0.3 is 4.90 Å². The number of nitrogens with zero attached hydrogens (tertiary/aromatic N) is 3. The molecule has 32 heavy (non-hydrogen) atoms. The van der Waals surface area contributed by atoms with Gasteiger partial charge in [0.2, 0.25) is 0 Å². The van der Waals surface area contributed by atoms with Crippen molar-refractivity contribution in [2.24, 2.45) is 0 Å². The Morgan fingerprint density at radius 1 is 1.03 bits per heavy atom. The van der Waals surface area contributed by atoms with Crippen LogP contribution in [-0.4, -0.2) is 56.1 Å². The number of thiazole rings is 1. The maximum absolute atomic E-state index is 13.6. The molecule has 1 amide bonds. The van der Waals surface area contributed by atoms with Crippen molar-refractivity contribution in [3.8, 4) is 0 Å². The summed E-state index contributed by atoms with van der Waals surface area (Å²) >= 11 is 1.50. The molecule has 8 heteroatoms. The number of rotatable bonds is 9. The molecule has 172 valence electrons. The van der Waals surface area contributed by atoms with Crippen molar-refractivity contribution in [3.63, 3.8) is 0 Å². The summed E-state index contributed by atoms with van der Waals surface area (Å²) in [4.78, 5) is 22.5. The average molecular weight is 474 g/mol. The van der Waals surface area contributed by atoms with E-state index < -0.39 is 9.84 Å². The van der Waals surface area contributed by atoms with Crippen LogP contribution in [0.3, 0.4) is 0 Å². The van der Waals surface area contributed by atoms with Crippen LogP contribution in [0.1, 0.15) is 42.3 Å². The van der Waals surface area contributed by atoms with Crippen molar-refractivity contribution < 1.29 is 13.2 Å². The first-order valence-electron chi connectivity index (χ1n) is 10.9. The van der Waals surface area contributed by atoms with Crippen LogP contribution in [0.4, 0.5) is 5.13 Å². The van der Waals surface area contributed by atoms with Crippen LogP contribution in [0, 0.1) is 13.8 Å². The van der Waals surface area contributed by atoms with E-state index in [2.05, 4.69) is 37.8 Å². The molecule has 0 aliphatic heterocycles. The van der Waals surface area contributed by atoms with E-state index in [1.165, 1.54) is 17.4 Å². The van der Waals surface area contributed by atoms with Gasteiger partial charge in [-0.3, -0.25) is 9.69 Å². The summed E-state index contributed by atoms with van der Waals surface area (Å²) in [6.45, 7) is 12.8. The molecular weight excluding hydrogens is 442 g/mol. The molecule has 0 aliphatic rings. The van der Waals surface area contributed by atoms with Crippen molar-refractivity contribution in [2.45, 2.75) is 39.5 Å². The molecule has 0 bridgehead atoms. The first-order chi connectivity index (χ1) is 15.2. The molecule has 3 aromatic rings. The fraction of sp³-hybridized carbons (Fsp3) is 0.417. The normalized spacial score (nSPS) is 11.9. The van der Waals surface area contributed by atoms with Gasteiger partial charge >= 0.3 is 0 Å². The maximum Gasteiger partial charge on any atom is 0.260 e. The second kappa shape index (κ2) is 10.1. The SMILES string of the molecule is CCN(CC)CCN(C(=O)c1cccc(S(=O)(=O)CC)c1)c1nc2c(C)cc(C)cc2s1. The lowest BCUT2D eigenvalue weighted by molar-refractivity contribution is 0.0983. The Bertz CT molecular complexity index is 1210. The number of aryl methyl sites for hydroxylation is 2. The van der Waals surface area contributed by atoms with Crippen molar-refractivity contribution in [2.75, 3.05) is 36.8 Å². The number of carbonyl (C=O) groups is 1. The number of aromatic nitrogens is 1. The summed E-state index contributed by atoms with van der Waals surface area (Å²) in [5, 5.41) is 0.634. The molecule has 0 saturated heterocycles. The number of benzene rings is 2. The maximum atomic E-state index is 13.6. The van der Waals surface area contributed by atoms with E-state index in [1.807, 2.05) is 6.92 Å². The highest BCUT2D eigenvalue weighted by molar-refractivity contribution is 7.91. The van der Waals surface area contributed by atoms with Crippen LogP contribution in [0.2, 0.25) is 0 Å². The molecule has 1 aromatic heterocycles. The molecular formula is C24H31N3O3S2. The molecule has 0 saturated carbocycles. The Hall–Kier alpha value is -2.29. The minimum Gasteiger partial charge on any atom is -0.302 e. The van der Waals surface area contributed by atoms with Crippen LogP contribution in [0.5, 0.6) is 0 Å². The second-order valence-electron chi connectivity index (χ2n) is 7.84. The standard InChI is InChI=1S/C24H31N3O3S2/c1-6-26(7-2)12-13-27(24-25-22-18(5)14-17(4)15-21(22)31-24)23(28)19-10-9-11-20(16-19)32(29,30)8-3/h9-11,14-16H,6-8,12-13H2,1-5H3. The Labute approximate surface area is 194 Å². The summed E-state index contributed by atoms with van der Waals surface area (Å²) in [5.74, 6) is -0.244. The fourth-order valence-electron chi connectivity index (χ4n) is 3.68. The zero-order valence-corrected chi connectivity index (χ0v) is 21.0. The Kier molecular flexibility index (Phi) is 7.69. The van der Waals surface area contributed by atoms with Gasteiger partial charge in [0.05, 0.1) is 20.9 Å². The third-order valence-corrected chi connectivity index (χ3v) is 8.41. The highest BCUT2D eigenvalue weighted by Gasteiger charge is 2.24. The number of carbonyl (C=O) groups excluding carboxylic acids is 1. The van der Waals surface area contributed by atoms with Gasteiger partial charge in [-0.25, -0.2) is 13.4 Å². The van der Waals surface area contributed by atoms with E-state index in [4.69, 9.17) is 4.98 Å². The molecule has 3 rings (SSSR count). The van der Waals surface area contributed by atoms with Gasteiger partial charge in [0, 0.05) is 18.7 Å². The average Bonchev–Trinajstić information content (AvgIpc) is 3.20. The van der Waals surface area contributed by atoms with E-state index in [0.717, 1.165) is 34.4 Å². The Balaban J connectivity index is 2.04. The zero-order valence-electron chi connectivity index (χ0n) is 19.4. The number of likely N-dealkylation sites (N-methyl/N-ethyl adjacent to an activating group) is 1. The predicted molar refractivity (Wildman–Crippen MR) is 133 cm³/mol. The van der Waals surface area contributed by atoms with Crippen LogP contribution < -0.4 is 4.90 Å². The van der Waals surface area contributed by atoms with Crippen LogP contribution in [0.25, 0.3) is 10.2 Å². The first-order valence-corrected chi connectivity index (χ1v) is 13.4. The number of hydrogen-bond donors (Lipinski definition) is 0. The lowest BCUT2D eigenvalue weighted by Gasteiger charge is -2.25. The number of sulfone groups is 1. The fourth-order valence-corrected chi connectivity index (χ4v) is 5.78.